The fourth-order valence-electron chi connectivity index (χ4n) is 1.16. The van der Waals surface area contributed by atoms with Crippen molar-refractivity contribution in [2.24, 2.45) is 5.73 Å². The standard InChI is InChI=1S/C10H13NO4.ClH/c1-14-6-3-4-8(12)7(5-6)9(11)10(13)15-2;/h3-5,9,12H,11H2,1-2H3;1H/t9-;/m0./s1. The molecule has 1 aromatic rings. The largest absolute Gasteiger partial charge is 0.508 e. The first-order chi connectivity index (χ1) is 7.10. The number of hydrogen-bond donors (Lipinski definition) is 2. The molecule has 16 heavy (non-hydrogen) atoms. The molecule has 6 heteroatoms. The number of nitrogens with two attached hydrogens (primary N) is 1. The maximum absolute atomic E-state index is 11.2. The van der Waals surface area contributed by atoms with Crippen LogP contribution >= 0.6 is 12.4 Å². The van der Waals surface area contributed by atoms with E-state index in [9.17, 15) is 9.90 Å². The Bertz CT molecular complexity index is 370. The lowest BCUT2D eigenvalue weighted by Gasteiger charge is -2.12. The number of hydrogen-bond acceptors (Lipinski definition) is 5. The number of phenols is 1. The van der Waals surface area contributed by atoms with Gasteiger partial charge in [-0.05, 0) is 18.2 Å². The van der Waals surface area contributed by atoms with Gasteiger partial charge in [-0.25, -0.2) is 0 Å². The second-order valence-electron chi connectivity index (χ2n) is 2.93. The van der Waals surface area contributed by atoms with Crippen molar-refractivity contribution in [2.45, 2.75) is 6.04 Å². The monoisotopic (exact) mass is 247 g/mol. The Morgan fingerprint density at radius 2 is 2.06 bits per heavy atom. The summed E-state index contributed by atoms with van der Waals surface area (Å²) in [6.45, 7) is 0. The summed E-state index contributed by atoms with van der Waals surface area (Å²) in [4.78, 5) is 11.2. The first-order valence-corrected chi connectivity index (χ1v) is 4.30. The Morgan fingerprint density at radius 3 is 2.56 bits per heavy atom. The molecular weight excluding hydrogens is 234 g/mol. The van der Waals surface area contributed by atoms with Gasteiger partial charge in [0, 0.05) is 5.56 Å². The molecule has 0 amide bonds. The van der Waals surface area contributed by atoms with E-state index in [1.165, 1.54) is 26.4 Å². The van der Waals surface area contributed by atoms with Crippen LogP contribution in [-0.4, -0.2) is 25.3 Å². The van der Waals surface area contributed by atoms with E-state index in [4.69, 9.17) is 10.5 Å². The Balaban J connectivity index is 0.00000225. The van der Waals surface area contributed by atoms with Crippen LogP contribution in [0.25, 0.3) is 0 Å². The van der Waals surface area contributed by atoms with Crippen LogP contribution in [0.15, 0.2) is 18.2 Å². The molecule has 1 rings (SSSR count). The summed E-state index contributed by atoms with van der Waals surface area (Å²) in [5, 5.41) is 9.50. The highest BCUT2D eigenvalue weighted by molar-refractivity contribution is 5.85. The molecular formula is C10H14ClNO4. The van der Waals surface area contributed by atoms with E-state index in [1.807, 2.05) is 0 Å². The zero-order chi connectivity index (χ0) is 11.4. The summed E-state index contributed by atoms with van der Waals surface area (Å²) in [7, 11) is 2.72. The van der Waals surface area contributed by atoms with Crippen LogP contribution in [0.2, 0.25) is 0 Å². The molecule has 1 aromatic carbocycles. The smallest absolute Gasteiger partial charge is 0.327 e. The molecule has 0 aliphatic heterocycles. The lowest BCUT2D eigenvalue weighted by atomic mass is 10.1. The summed E-state index contributed by atoms with van der Waals surface area (Å²) in [6, 6.07) is 3.47. The molecule has 3 N–H and O–H groups in total. The van der Waals surface area contributed by atoms with Crippen molar-refractivity contribution in [1.29, 1.82) is 0 Å². The Morgan fingerprint density at radius 1 is 1.44 bits per heavy atom. The molecule has 0 saturated carbocycles. The van der Waals surface area contributed by atoms with Gasteiger partial charge in [0.05, 0.1) is 14.2 Å². The van der Waals surface area contributed by atoms with Crippen LogP contribution in [0.1, 0.15) is 11.6 Å². The van der Waals surface area contributed by atoms with Crippen LogP contribution in [0.4, 0.5) is 0 Å². The quantitative estimate of drug-likeness (QED) is 0.779. The van der Waals surface area contributed by atoms with Gasteiger partial charge in [-0.3, -0.25) is 4.79 Å². The lowest BCUT2D eigenvalue weighted by Crippen LogP contribution is -2.22. The fraction of sp³-hybridized carbons (Fsp3) is 0.300. The Labute approximate surface area is 99.6 Å². The van der Waals surface area contributed by atoms with E-state index in [-0.39, 0.29) is 23.7 Å². The van der Waals surface area contributed by atoms with E-state index < -0.39 is 12.0 Å². The molecule has 0 radical (unpaired) electrons. The minimum absolute atomic E-state index is 0. The second-order valence-corrected chi connectivity index (χ2v) is 2.93. The molecule has 1 atom stereocenters. The van der Waals surface area contributed by atoms with Crippen molar-refractivity contribution in [1.82, 2.24) is 0 Å². The Kier molecular flexibility index (Phi) is 5.63. The van der Waals surface area contributed by atoms with Gasteiger partial charge in [0.25, 0.3) is 0 Å². The molecule has 0 aliphatic rings. The number of benzene rings is 1. The summed E-state index contributed by atoms with van der Waals surface area (Å²) in [6.07, 6.45) is 0. The molecule has 0 aliphatic carbocycles. The minimum Gasteiger partial charge on any atom is -0.508 e. The topological polar surface area (TPSA) is 81.8 Å². The van der Waals surface area contributed by atoms with Gasteiger partial charge in [0.15, 0.2) is 0 Å². The van der Waals surface area contributed by atoms with Crippen molar-refractivity contribution in [2.75, 3.05) is 14.2 Å². The average molecular weight is 248 g/mol. The lowest BCUT2D eigenvalue weighted by molar-refractivity contribution is -0.142. The van der Waals surface area contributed by atoms with Gasteiger partial charge in [0.1, 0.15) is 17.5 Å². The van der Waals surface area contributed by atoms with Crippen molar-refractivity contribution in [3.05, 3.63) is 23.8 Å². The average Bonchev–Trinajstić information content (AvgIpc) is 2.27. The van der Waals surface area contributed by atoms with E-state index in [0.29, 0.717) is 5.75 Å². The third kappa shape index (κ3) is 3.01. The van der Waals surface area contributed by atoms with Crippen molar-refractivity contribution >= 4 is 18.4 Å². The fourth-order valence-corrected chi connectivity index (χ4v) is 1.16. The molecule has 0 aromatic heterocycles. The van der Waals surface area contributed by atoms with Gasteiger partial charge in [-0.15, -0.1) is 12.4 Å². The number of aromatic hydroxyl groups is 1. The number of halogens is 1. The molecule has 0 spiro atoms. The number of esters is 1. The summed E-state index contributed by atoms with van der Waals surface area (Å²) in [5.74, 6) is -0.158. The van der Waals surface area contributed by atoms with E-state index in [0.717, 1.165) is 0 Å². The molecule has 0 heterocycles. The van der Waals surface area contributed by atoms with E-state index >= 15 is 0 Å². The minimum atomic E-state index is -1.01. The molecule has 5 nitrogen and oxygen atoms in total. The first kappa shape index (κ1) is 14.5. The van der Waals surface area contributed by atoms with Gasteiger partial charge in [-0.2, -0.15) is 0 Å². The number of methoxy groups -OCH3 is 2. The molecule has 0 bridgehead atoms. The van der Waals surface area contributed by atoms with Crippen molar-refractivity contribution < 1.29 is 19.4 Å². The molecule has 0 fully saturated rings. The Hall–Kier alpha value is -1.46. The number of phenolic OH excluding ortho intramolecular Hbond substituents is 1. The number of rotatable bonds is 3. The predicted octanol–water partition coefficient (Wildman–Crippen LogP) is 0.995. The summed E-state index contributed by atoms with van der Waals surface area (Å²) >= 11 is 0. The number of carbonyl (C=O) groups is 1. The van der Waals surface area contributed by atoms with E-state index in [2.05, 4.69) is 4.74 Å². The van der Waals surface area contributed by atoms with Crippen LogP contribution in [-0.2, 0) is 9.53 Å². The van der Waals surface area contributed by atoms with Gasteiger partial charge >= 0.3 is 5.97 Å². The van der Waals surface area contributed by atoms with Crippen LogP contribution in [0.5, 0.6) is 11.5 Å². The highest BCUT2D eigenvalue weighted by Crippen LogP contribution is 2.27. The zero-order valence-corrected chi connectivity index (χ0v) is 9.78. The predicted molar refractivity (Wildman–Crippen MR) is 60.9 cm³/mol. The third-order valence-electron chi connectivity index (χ3n) is 2.02. The summed E-state index contributed by atoms with van der Waals surface area (Å²) in [5.41, 5.74) is 5.86. The van der Waals surface area contributed by atoms with Gasteiger partial charge in [0.2, 0.25) is 0 Å². The highest BCUT2D eigenvalue weighted by atomic mass is 35.5. The van der Waals surface area contributed by atoms with Crippen molar-refractivity contribution in [3.8, 4) is 11.5 Å². The number of carbonyl (C=O) groups excluding carboxylic acids is 1. The molecule has 0 saturated heterocycles. The van der Waals surface area contributed by atoms with Gasteiger partial charge < -0.3 is 20.3 Å². The van der Waals surface area contributed by atoms with Crippen LogP contribution in [0.3, 0.4) is 0 Å². The van der Waals surface area contributed by atoms with Crippen LogP contribution in [0, 0.1) is 0 Å². The van der Waals surface area contributed by atoms with E-state index in [1.54, 1.807) is 6.07 Å². The highest BCUT2D eigenvalue weighted by Gasteiger charge is 2.20. The van der Waals surface area contributed by atoms with Crippen LogP contribution < -0.4 is 10.5 Å². The molecule has 0 unspecified atom stereocenters. The molecule has 90 valence electrons. The third-order valence-corrected chi connectivity index (χ3v) is 2.02. The maximum atomic E-state index is 11.2. The number of ether oxygens (including phenoxy) is 2. The normalized spacial score (nSPS) is 11.2. The zero-order valence-electron chi connectivity index (χ0n) is 8.97. The van der Waals surface area contributed by atoms with Gasteiger partial charge in [-0.1, -0.05) is 0 Å². The van der Waals surface area contributed by atoms with Crippen molar-refractivity contribution in [3.63, 3.8) is 0 Å². The SMILES string of the molecule is COC(=O)[C@@H](N)c1cc(OC)ccc1O.Cl. The second kappa shape index (κ2) is 6.19. The summed E-state index contributed by atoms with van der Waals surface area (Å²) < 4.78 is 9.43. The maximum Gasteiger partial charge on any atom is 0.327 e. The first-order valence-electron chi connectivity index (χ1n) is 4.30.